The van der Waals surface area contributed by atoms with Gasteiger partial charge in [0.25, 0.3) is 0 Å². The molecule has 1 aliphatic rings. The van der Waals surface area contributed by atoms with Crippen LogP contribution in [0.15, 0.2) is 35.1 Å². The normalized spacial score (nSPS) is 17.5. The summed E-state index contributed by atoms with van der Waals surface area (Å²) < 4.78 is 12.4. The summed E-state index contributed by atoms with van der Waals surface area (Å²) in [4.78, 5) is 23.8. The van der Waals surface area contributed by atoms with Crippen LogP contribution in [0.5, 0.6) is 0 Å². The Morgan fingerprint density at radius 1 is 1.33 bits per heavy atom. The third-order valence-corrected chi connectivity index (χ3v) is 4.95. The number of hydrogen-bond donors (Lipinski definition) is 0. The zero-order chi connectivity index (χ0) is 18.6. The molecule has 1 atom stereocenters. The third-order valence-electron chi connectivity index (χ3n) is 4.95. The number of likely N-dealkylation sites (tertiary alicyclic amines) is 1. The summed E-state index contributed by atoms with van der Waals surface area (Å²) in [6, 6.07) is 7.65. The number of fused-ring (bicyclic) bond motifs is 1. The Morgan fingerprint density at radius 2 is 2.22 bits per heavy atom. The molecular formula is C19H23N5O3. The highest BCUT2D eigenvalue weighted by Crippen LogP contribution is 2.30. The van der Waals surface area contributed by atoms with Crippen molar-refractivity contribution in [2.45, 2.75) is 38.3 Å². The number of imidazole rings is 1. The van der Waals surface area contributed by atoms with Crippen molar-refractivity contribution < 1.29 is 14.1 Å². The van der Waals surface area contributed by atoms with Crippen molar-refractivity contribution in [1.82, 2.24) is 24.6 Å². The number of ether oxygens (including phenoxy) is 1. The van der Waals surface area contributed by atoms with E-state index in [1.165, 1.54) is 0 Å². The minimum Gasteiger partial charge on any atom is -0.384 e. The van der Waals surface area contributed by atoms with Gasteiger partial charge in [-0.25, -0.2) is 4.98 Å². The lowest BCUT2D eigenvalue weighted by molar-refractivity contribution is -0.136. The van der Waals surface area contributed by atoms with E-state index in [-0.39, 0.29) is 18.5 Å². The van der Waals surface area contributed by atoms with Crippen molar-refractivity contribution in [3.63, 3.8) is 0 Å². The molecule has 8 heteroatoms. The molecule has 0 unspecified atom stereocenters. The number of benzene rings is 1. The van der Waals surface area contributed by atoms with Gasteiger partial charge in [-0.2, -0.15) is 4.98 Å². The fourth-order valence-electron chi connectivity index (χ4n) is 3.56. The maximum absolute atomic E-state index is 13.0. The first kappa shape index (κ1) is 17.7. The van der Waals surface area contributed by atoms with Gasteiger partial charge in [0.05, 0.1) is 24.0 Å². The van der Waals surface area contributed by atoms with Crippen molar-refractivity contribution in [3.05, 3.63) is 42.3 Å². The Balaban J connectivity index is 1.51. The van der Waals surface area contributed by atoms with Gasteiger partial charge in [-0.05, 0) is 31.4 Å². The summed E-state index contributed by atoms with van der Waals surface area (Å²) in [6.07, 6.45) is 5.18. The molecule has 0 aliphatic carbocycles. The summed E-state index contributed by atoms with van der Waals surface area (Å²) in [5, 5.41) is 4.02. The Hall–Kier alpha value is -2.74. The third kappa shape index (κ3) is 3.71. The molecule has 8 nitrogen and oxygen atoms in total. The summed E-state index contributed by atoms with van der Waals surface area (Å²) in [6.45, 7) is 1.49. The average molecular weight is 369 g/mol. The van der Waals surface area contributed by atoms with E-state index in [4.69, 9.17) is 9.26 Å². The van der Waals surface area contributed by atoms with Crippen LogP contribution >= 0.6 is 0 Å². The summed E-state index contributed by atoms with van der Waals surface area (Å²) in [7, 11) is 1.64. The van der Waals surface area contributed by atoms with Crippen molar-refractivity contribution in [3.8, 4) is 0 Å². The number of aromatic nitrogens is 4. The molecule has 4 rings (SSSR count). The van der Waals surface area contributed by atoms with Gasteiger partial charge in [0, 0.05) is 20.1 Å². The highest BCUT2D eigenvalue weighted by atomic mass is 16.5. The second-order valence-electron chi connectivity index (χ2n) is 6.75. The number of hydrogen-bond acceptors (Lipinski definition) is 6. The molecule has 0 bridgehead atoms. The fraction of sp³-hybridized carbons (Fsp3) is 0.474. The van der Waals surface area contributed by atoms with E-state index in [0.29, 0.717) is 31.3 Å². The van der Waals surface area contributed by atoms with E-state index >= 15 is 0 Å². The minimum absolute atomic E-state index is 0.0412. The van der Waals surface area contributed by atoms with E-state index in [1.54, 1.807) is 13.4 Å². The van der Waals surface area contributed by atoms with E-state index in [1.807, 2.05) is 33.7 Å². The SMILES string of the molecule is COCCc1noc([C@H]2CCCCN2C(=O)Cn2cnc3ccccc32)n1. The molecule has 0 radical (unpaired) electrons. The van der Waals surface area contributed by atoms with Crippen molar-refractivity contribution in [2.24, 2.45) is 0 Å². The van der Waals surface area contributed by atoms with Gasteiger partial charge in [-0.15, -0.1) is 0 Å². The molecule has 1 saturated heterocycles. The second kappa shape index (κ2) is 7.87. The highest BCUT2D eigenvalue weighted by molar-refractivity contribution is 5.80. The fourth-order valence-corrected chi connectivity index (χ4v) is 3.56. The average Bonchev–Trinajstić information content (AvgIpc) is 3.34. The molecule has 0 saturated carbocycles. The lowest BCUT2D eigenvalue weighted by atomic mass is 10.0. The number of para-hydroxylation sites is 2. The first-order valence-electron chi connectivity index (χ1n) is 9.27. The summed E-state index contributed by atoms with van der Waals surface area (Å²) in [5.74, 6) is 1.18. The van der Waals surface area contributed by atoms with Gasteiger partial charge in [-0.3, -0.25) is 4.79 Å². The first-order chi connectivity index (χ1) is 13.3. The summed E-state index contributed by atoms with van der Waals surface area (Å²) >= 11 is 0. The monoisotopic (exact) mass is 369 g/mol. The second-order valence-corrected chi connectivity index (χ2v) is 6.75. The summed E-state index contributed by atoms with van der Waals surface area (Å²) in [5.41, 5.74) is 1.85. The quantitative estimate of drug-likeness (QED) is 0.663. The molecule has 0 N–H and O–H groups in total. The van der Waals surface area contributed by atoms with Gasteiger partial charge >= 0.3 is 0 Å². The van der Waals surface area contributed by atoms with Crippen LogP contribution in [0.4, 0.5) is 0 Å². The van der Waals surface area contributed by atoms with Crippen molar-refractivity contribution in [1.29, 1.82) is 0 Å². The number of carbonyl (C=O) groups is 1. The highest BCUT2D eigenvalue weighted by Gasteiger charge is 2.32. The molecule has 1 fully saturated rings. The predicted octanol–water partition coefficient (Wildman–Crippen LogP) is 2.36. The topological polar surface area (TPSA) is 86.3 Å². The first-order valence-corrected chi connectivity index (χ1v) is 9.27. The lowest BCUT2D eigenvalue weighted by Crippen LogP contribution is -2.40. The van der Waals surface area contributed by atoms with Crippen LogP contribution in [0.3, 0.4) is 0 Å². The maximum Gasteiger partial charge on any atom is 0.249 e. The number of nitrogens with zero attached hydrogens (tertiary/aromatic N) is 5. The molecular weight excluding hydrogens is 346 g/mol. The number of rotatable bonds is 6. The largest absolute Gasteiger partial charge is 0.384 e. The molecule has 0 spiro atoms. The Kier molecular flexibility index (Phi) is 5.15. The zero-order valence-electron chi connectivity index (χ0n) is 15.4. The molecule has 1 amide bonds. The molecule has 3 aromatic rings. The van der Waals surface area contributed by atoms with Gasteiger partial charge in [-0.1, -0.05) is 17.3 Å². The van der Waals surface area contributed by atoms with Gasteiger partial charge in [0.15, 0.2) is 5.82 Å². The van der Waals surface area contributed by atoms with Crippen LogP contribution in [0.2, 0.25) is 0 Å². The van der Waals surface area contributed by atoms with Gasteiger partial charge in [0.2, 0.25) is 11.8 Å². The number of piperidine rings is 1. The molecule has 1 aliphatic heterocycles. The molecule has 1 aromatic carbocycles. The predicted molar refractivity (Wildman–Crippen MR) is 97.9 cm³/mol. The molecule has 27 heavy (non-hydrogen) atoms. The molecule has 2 aromatic heterocycles. The van der Waals surface area contributed by atoms with E-state index in [2.05, 4.69) is 15.1 Å². The standard InChI is InChI=1S/C19H23N5O3/c1-26-11-9-17-21-19(27-22-17)16-8-4-5-10-24(16)18(25)12-23-13-20-14-6-2-3-7-15(14)23/h2-3,6-7,13,16H,4-5,8-12H2,1H3/t16-/m1/s1. The van der Waals surface area contributed by atoms with Gasteiger partial charge in [0.1, 0.15) is 12.6 Å². The van der Waals surface area contributed by atoms with Crippen LogP contribution in [-0.2, 0) is 22.5 Å². The van der Waals surface area contributed by atoms with Gasteiger partial charge < -0.3 is 18.7 Å². The number of carbonyl (C=O) groups excluding carboxylic acids is 1. The van der Waals surface area contributed by atoms with E-state index in [9.17, 15) is 4.79 Å². The van der Waals surface area contributed by atoms with Crippen LogP contribution in [0.25, 0.3) is 11.0 Å². The Morgan fingerprint density at radius 3 is 3.11 bits per heavy atom. The Bertz CT molecular complexity index is 919. The minimum atomic E-state index is -0.162. The Labute approximate surface area is 157 Å². The van der Waals surface area contributed by atoms with Crippen LogP contribution in [-0.4, -0.2) is 50.8 Å². The number of amides is 1. The zero-order valence-corrected chi connectivity index (χ0v) is 15.4. The van der Waals surface area contributed by atoms with E-state index in [0.717, 1.165) is 30.3 Å². The lowest BCUT2D eigenvalue weighted by Gasteiger charge is -2.33. The number of methoxy groups -OCH3 is 1. The molecule has 142 valence electrons. The van der Waals surface area contributed by atoms with Crippen LogP contribution < -0.4 is 0 Å². The van der Waals surface area contributed by atoms with Crippen LogP contribution in [0, 0.1) is 0 Å². The van der Waals surface area contributed by atoms with Crippen molar-refractivity contribution >= 4 is 16.9 Å². The van der Waals surface area contributed by atoms with Crippen molar-refractivity contribution in [2.75, 3.05) is 20.3 Å². The smallest absolute Gasteiger partial charge is 0.249 e. The maximum atomic E-state index is 13.0. The molecule has 3 heterocycles. The van der Waals surface area contributed by atoms with E-state index < -0.39 is 0 Å². The van der Waals surface area contributed by atoms with Crippen LogP contribution in [0.1, 0.15) is 37.0 Å².